The van der Waals surface area contributed by atoms with E-state index in [0.29, 0.717) is 12.3 Å². The molecule has 1 saturated heterocycles. The fourth-order valence-corrected chi connectivity index (χ4v) is 8.06. The number of para-hydroxylation sites is 1. The Morgan fingerprint density at radius 3 is 2.62 bits per heavy atom. The van der Waals surface area contributed by atoms with Gasteiger partial charge in [-0.2, -0.15) is 0 Å². The molecule has 4 nitrogen and oxygen atoms in total. The average molecular weight is 425 g/mol. The molecule has 1 atom stereocenters. The Balaban J connectivity index is 1.64. The Morgan fingerprint density at radius 1 is 1.14 bits per heavy atom. The van der Waals surface area contributed by atoms with E-state index in [4.69, 9.17) is 4.74 Å². The van der Waals surface area contributed by atoms with Crippen LogP contribution in [0.1, 0.15) is 40.5 Å². The number of carbonyl (C=O) groups is 1. The molecule has 5 rings (SSSR count). The van der Waals surface area contributed by atoms with E-state index in [1.807, 2.05) is 30.3 Å². The minimum absolute atomic E-state index is 0.00667. The lowest BCUT2D eigenvalue weighted by Gasteiger charge is -2.38. The van der Waals surface area contributed by atoms with Crippen LogP contribution in [-0.4, -0.2) is 29.1 Å². The molecule has 150 valence electrons. The number of hydrogen-bond acceptors (Lipinski definition) is 4. The Kier molecular flexibility index (Phi) is 5.10. The Morgan fingerprint density at radius 2 is 1.86 bits per heavy atom. The zero-order valence-corrected chi connectivity index (χ0v) is 18.0. The highest BCUT2D eigenvalue weighted by atomic mass is 32.2. The topological polar surface area (TPSA) is 43.3 Å². The molecule has 1 spiro atoms. The van der Waals surface area contributed by atoms with Crippen molar-refractivity contribution in [2.75, 3.05) is 18.6 Å². The molecule has 2 aromatic carbocycles. The molecule has 1 aromatic heterocycles. The zero-order valence-electron chi connectivity index (χ0n) is 16.4. The van der Waals surface area contributed by atoms with E-state index < -0.39 is 0 Å². The van der Waals surface area contributed by atoms with Crippen LogP contribution in [0.2, 0.25) is 0 Å². The average Bonchev–Trinajstić information content (AvgIpc) is 3.36. The normalized spacial score (nSPS) is 20.1. The van der Waals surface area contributed by atoms with Gasteiger partial charge in [0.2, 0.25) is 0 Å². The number of thioether (sulfide) groups is 2. The fourth-order valence-electron chi connectivity index (χ4n) is 4.67. The molecule has 1 fully saturated rings. The van der Waals surface area contributed by atoms with E-state index in [0.717, 1.165) is 12.8 Å². The van der Waals surface area contributed by atoms with Crippen molar-refractivity contribution >= 4 is 40.3 Å². The van der Waals surface area contributed by atoms with E-state index in [2.05, 4.69) is 57.7 Å². The summed E-state index contributed by atoms with van der Waals surface area (Å²) in [6.07, 6.45) is 2.00. The van der Waals surface area contributed by atoms with Crippen LogP contribution < -0.4 is 5.32 Å². The molecule has 1 unspecified atom stereocenters. The highest BCUT2D eigenvalue weighted by Crippen LogP contribution is 2.61. The molecular weight excluding hydrogens is 400 g/mol. The van der Waals surface area contributed by atoms with E-state index >= 15 is 0 Å². The first-order valence-electron chi connectivity index (χ1n) is 9.98. The van der Waals surface area contributed by atoms with Gasteiger partial charge < -0.3 is 14.6 Å². The van der Waals surface area contributed by atoms with Crippen LogP contribution in [0, 0.1) is 0 Å². The third-order valence-electron chi connectivity index (χ3n) is 5.83. The number of methoxy groups -OCH3 is 1. The van der Waals surface area contributed by atoms with E-state index in [9.17, 15) is 4.79 Å². The van der Waals surface area contributed by atoms with E-state index in [1.165, 1.54) is 33.7 Å². The highest BCUT2D eigenvalue weighted by Gasteiger charge is 2.47. The smallest absolute Gasteiger partial charge is 0.251 e. The maximum Gasteiger partial charge on any atom is 0.251 e. The Bertz CT molecular complexity index is 1040. The molecule has 2 heterocycles. The number of benzene rings is 2. The summed E-state index contributed by atoms with van der Waals surface area (Å²) in [4.78, 5) is 13.0. The summed E-state index contributed by atoms with van der Waals surface area (Å²) < 4.78 is 7.99. The maximum atomic E-state index is 13.0. The summed E-state index contributed by atoms with van der Waals surface area (Å²) in [5.41, 5.74) is 4.50. The first-order valence-corrected chi connectivity index (χ1v) is 11.9. The summed E-state index contributed by atoms with van der Waals surface area (Å²) in [7, 11) is 1.75. The largest absolute Gasteiger partial charge is 0.364 e. The summed E-state index contributed by atoms with van der Waals surface area (Å²) in [5, 5.41) is 4.56. The zero-order chi connectivity index (χ0) is 19.8. The number of hydrogen-bond donors (Lipinski definition) is 1. The highest BCUT2D eigenvalue weighted by molar-refractivity contribution is 8.20. The third kappa shape index (κ3) is 3.18. The van der Waals surface area contributed by atoms with Crippen molar-refractivity contribution in [3.8, 4) is 0 Å². The number of nitrogens with zero attached hydrogens (tertiary/aromatic N) is 1. The van der Waals surface area contributed by atoms with Gasteiger partial charge in [0, 0.05) is 35.1 Å². The molecule has 1 aliphatic carbocycles. The first-order chi connectivity index (χ1) is 14.2. The molecule has 0 radical (unpaired) electrons. The molecule has 0 saturated carbocycles. The predicted octanol–water partition coefficient (Wildman–Crippen LogP) is 5.14. The van der Waals surface area contributed by atoms with Crippen LogP contribution in [0.4, 0.5) is 0 Å². The van der Waals surface area contributed by atoms with Gasteiger partial charge in [-0.3, -0.25) is 4.79 Å². The van der Waals surface area contributed by atoms with Crippen LogP contribution in [0.5, 0.6) is 0 Å². The van der Waals surface area contributed by atoms with Crippen LogP contribution in [-0.2, 0) is 15.5 Å². The molecule has 2 aliphatic rings. The fraction of sp³-hybridized carbons (Fsp3) is 0.348. The van der Waals surface area contributed by atoms with Crippen LogP contribution in [0.25, 0.3) is 10.9 Å². The van der Waals surface area contributed by atoms with Gasteiger partial charge in [0.15, 0.2) is 0 Å². The summed E-state index contributed by atoms with van der Waals surface area (Å²) in [6, 6.07) is 18.0. The molecular formula is C23H24N2O2S2. The van der Waals surface area contributed by atoms with Gasteiger partial charge in [0.25, 0.3) is 5.91 Å². The second kappa shape index (κ2) is 7.74. The molecule has 6 heteroatoms. The quantitative estimate of drug-likeness (QED) is 0.630. The Hall–Kier alpha value is -1.89. The first kappa shape index (κ1) is 19.1. The molecule has 1 N–H and O–H groups in total. The second-order valence-electron chi connectivity index (χ2n) is 7.51. The number of amides is 1. The number of fused-ring (bicyclic) bond motifs is 4. The number of aromatic nitrogens is 1. The third-order valence-corrected chi connectivity index (χ3v) is 9.34. The SMILES string of the molecule is COCn1c2c(c3ccccc31)C(NC(=O)c1ccccc1)CCC21SCCS1. The van der Waals surface area contributed by atoms with Gasteiger partial charge in [-0.15, -0.1) is 23.5 Å². The van der Waals surface area contributed by atoms with E-state index in [1.54, 1.807) is 7.11 Å². The molecule has 1 aliphatic heterocycles. The predicted molar refractivity (Wildman–Crippen MR) is 121 cm³/mol. The summed E-state index contributed by atoms with van der Waals surface area (Å²) in [6.45, 7) is 0.526. The van der Waals surface area contributed by atoms with Gasteiger partial charge in [-0.25, -0.2) is 0 Å². The lowest BCUT2D eigenvalue weighted by molar-refractivity contribution is 0.0931. The van der Waals surface area contributed by atoms with Gasteiger partial charge in [0.1, 0.15) is 10.8 Å². The van der Waals surface area contributed by atoms with Crippen molar-refractivity contribution < 1.29 is 9.53 Å². The molecule has 0 bridgehead atoms. The molecule has 29 heavy (non-hydrogen) atoms. The Labute approximate surface area is 179 Å². The summed E-state index contributed by atoms with van der Waals surface area (Å²) in [5.74, 6) is 2.33. The minimum atomic E-state index is -0.00667. The lowest BCUT2D eigenvalue weighted by atomic mass is 9.89. The van der Waals surface area contributed by atoms with Crippen molar-refractivity contribution in [1.29, 1.82) is 0 Å². The van der Waals surface area contributed by atoms with Gasteiger partial charge >= 0.3 is 0 Å². The monoisotopic (exact) mass is 424 g/mol. The van der Waals surface area contributed by atoms with Crippen molar-refractivity contribution in [3.05, 3.63) is 71.4 Å². The van der Waals surface area contributed by atoms with E-state index in [-0.39, 0.29) is 16.0 Å². The van der Waals surface area contributed by atoms with Gasteiger partial charge in [-0.1, -0.05) is 36.4 Å². The number of rotatable bonds is 4. The van der Waals surface area contributed by atoms with Crippen LogP contribution >= 0.6 is 23.5 Å². The van der Waals surface area contributed by atoms with Crippen LogP contribution in [0.15, 0.2) is 54.6 Å². The number of ether oxygens (including phenoxy) is 1. The van der Waals surface area contributed by atoms with Crippen molar-refractivity contribution in [2.24, 2.45) is 0 Å². The standard InChI is InChI=1S/C23H24N2O2S2/c1-27-15-25-19-10-6-5-9-17(19)20-18(24-22(26)16-7-3-2-4-8-16)11-12-23(21(20)25)28-13-14-29-23/h2-10,18H,11-15H2,1H3,(H,24,26). The van der Waals surface area contributed by atoms with Crippen molar-refractivity contribution in [3.63, 3.8) is 0 Å². The lowest BCUT2D eigenvalue weighted by Crippen LogP contribution is -2.36. The number of carbonyl (C=O) groups excluding carboxylic acids is 1. The van der Waals surface area contributed by atoms with Crippen molar-refractivity contribution in [2.45, 2.75) is 29.7 Å². The van der Waals surface area contributed by atoms with Gasteiger partial charge in [-0.05, 0) is 31.0 Å². The summed E-state index contributed by atoms with van der Waals surface area (Å²) >= 11 is 4.11. The minimum Gasteiger partial charge on any atom is -0.364 e. The maximum absolute atomic E-state index is 13.0. The van der Waals surface area contributed by atoms with Crippen molar-refractivity contribution in [1.82, 2.24) is 9.88 Å². The second-order valence-corrected chi connectivity index (χ2v) is 10.6. The van der Waals surface area contributed by atoms with Gasteiger partial charge in [0.05, 0.1) is 17.3 Å². The number of nitrogens with one attached hydrogen (secondary N) is 1. The van der Waals surface area contributed by atoms with Crippen LogP contribution in [0.3, 0.4) is 0 Å². The molecule has 3 aromatic rings. The molecule has 1 amide bonds.